The summed E-state index contributed by atoms with van der Waals surface area (Å²) < 4.78 is 0. The van der Waals surface area contributed by atoms with Gasteiger partial charge < -0.3 is 10.2 Å². The molecule has 2 aliphatic rings. The van der Waals surface area contributed by atoms with Crippen LogP contribution in [0.5, 0.6) is 0 Å². The average Bonchev–Trinajstić information content (AvgIpc) is 2.43. The first-order valence-corrected chi connectivity index (χ1v) is 5.23. The zero-order chi connectivity index (χ0) is 10.1. The summed E-state index contributed by atoms with van der Waals surface area (Å²) in [7, 11) is 0. The van der Waals surface area contributed by atoms with Gasteiger partial charge in [0.15, 0.2) is 0 Å². The summed E-state index contributed by atoms with van der Waals surface area (Å²) in [5.41, 5.74) is 0. The molecule has 0 unspecified atom stereocenters. The molecule has 3 heteroatoms. The van der Waals surface area contributed by atoms with Crippen molar-refractivity contribution in [2.45, 2.75) is 31.8 Å². The van der Waals surface area contributed by atoms with Gasteiger partial charge in [-0.25, -0.2) is 0 Å². The summed E-state index contributed by atoms with van der Waals surface area (Å²) >= 11 is 0. The van der Waals surface area contributed by atoms with Crippen molar-refractivity contribution >= 4 is 5.97 Å². The number of allylic oxidation sites excluding steroid dienone is 2. The van der Waals surface area contributed by atoms with Gasteiger partial charge in [0, 0.05) is 0 Å². The molecule has 0 aromatic heterocycles. The van der Waals surface area contributed by atoms with E-state index in [-0.39, 0.29) is 12.3 Å². The predicted octanol–water partition coefficient (Wildman–Crippen LogP) is 1.42. The molecule has 0 saturated heterocycles. The molecule has 78 valence electrons. The third-order valence-electron chi connectivity index (χ3n) is 3.62. The van der Waals surface area contributed by atoms with E-state index in [0.29, 0.717) is 11.8 Å². The largest absolute Gasteiger partial charge is 0.481 e. The number of fused-ring (bicyclic) bond motifs is 1. The van der Waals surface area contributed by atoms with E-state index in [1.165, 1.54) is 0 Å². The zero-order valence-electron chi connectivity index (χ0n) is 8.10. The van der Waals surface area contributed by atoms with Crippen molar-refractivity contribution in [1.29, 1.82) is 0 Å². The van der Waals surface area contributed by atoms with Gasteiger partial charge in [0.05, 0.1) is 12.5 Å². The molecule has 0 aliphatic heterocycles. The van der Waals surface area contributed by atoms with Crippen LogP contribution in [-0.4, -0.2) is 22.3 Å². The van der Waals surface area contributed by atoms with E-state index < -0.39 is 12.1 Å². The van der Waals surface area contributed by atoms with Gasteiger partial charge >= 0.3 is 5.97 Å². The molecule has 2 rings (SSSR count). The van der Waals surface area contributed by atoms with Crippen LogP contribution in [0.4, 0.5) is 0 Å². The minimum atomic E-state index is -0.788. The SMILES string of the molecule is O=C(O)C[C@H]1[C@H]2CC=CC[C@@H]2C[C@@H]1O. The lowest BCUT2D eigenvalue weighted by Gasteiger charge is -2.25. The van der Waals surface area contributed by atoms with Crippen molar-refractivity contribution in [2.24, 2.45) is 17.8 Å². The summed E-state index contributed by atoms with van der Waals surface area (Å²) in [6.45, 7) is 0. The molecule has 2 aliphatic carbocycles. The molecule has 0 heterocycles. The topological polar surface area (TPSA) is 57.5 Å². The lowest BCUT2D eigenvalue weighted by molar-refractivity contribution is -0.139. The number of aliphatic carboxylic acids is 1. The second-order valence-corrected chi connectivity index (χ2v) is 4.43. The monoisotopic (exact) mass is 196 g/mol. The molecular weight excluding hydrogens is 180 g/mol. The Hall–Kier alpha value is -0.830. The minimum Gasteiger partial charge on any atom is -0.481 e. The van der Waals surface area contributed by atoms with Crippen molar-refractivity contribution in [3.8, 4) is 0 Å². The van der Waals surface area contributed by atoms with Gasteiger partial charge in [-0.2, -0.15) is 0 Å². The van der Waals surface area contributed by atoms with Crippen LogP contribution < -0.4 is 0 Å². The number of rotatable bonds is 2. The molecule has 14 heavy (non-hydrogen) atoms. The quantitative estimate of drug-likeness (QED) is 0.657. The first kappa shape index (κ1) is 9.71. The Kier molecular flexibility index (Phi) is 2.59. The Morgan fingerprint density at radius 2 is 2.07 bits per heavy atom. The van der Waals surface area contributed by atoms with E-state index in [9.17, 15) is 9.90 Å². The Morgan fingerprint density at radius 1 is 1.36 bits per heavy atom. The molecule has 1 saturated carbocycles. The third-order valence-corrected chi connectivity index (χ3v) is 3.62. The molecular formula is C11H16O3. The highest BCUT2D eigenvalue weighted by molar-refractivity contribution is 5.67. The van der Waals surface area contributed by atoms with Crippen LogP contribution in [0.1, 0.15) is 25.7 Å². The van der Waals surface area contributed by atoms with Gasteiger partial charge in [0.1, 0.15) is 0 Å². The fourth-order valence-corrected chi connectivity index (χ4v) is 2.95. The van der Waals surface area contributed by atoms with E-state index in [1.807, 2.05) is 0 Å². The average molecular weight is 196 g/mol. The van der Waals surface area contributed by atoms with E-state index in [1.54, 1.807) is 0 Å². The molecule has 0 amide bonds. The fourth-order valence-electron chi connectivity index (χ4n) is 2.95. The van der Waals surface area contributed by atoms with Gasteiger partial charge in [0.2, 0.25) is 0 Å². The van der Waals surface area contributed by atoms with Gasteiger partial charge in [-0.3, -0.25) is 4.79 Å². The van der Waals surface area contributed by atoms with E-state index in [2.05, 4.69) is 12.2 Å². The number of carbonyl (C=O) groups is 1. The number of hydrogen-bond acceptors (Lipinski definition) is 2. The van der Waals surface area contributed by atoms with Crippen molar-refractivity contribution in [3.63, 3.8) is 0 Å². The predicted molar refractivity (Wildman–Crippen MR) is 51.7 cm³/mol. The standard InChI is InChI=1S/C11H16O3/c12-10-5-7-3-1-2-4-8(7)9(10)6-11(13)14/h1-2,7-10,12H,3-6H2,(H,13,14)/t7-,8+,9+,10+/m1/s1. The van der Waals surface area contributed by atoms with Gasteiger partial charge in [-0.1, -0.05) is 12.2 Å². The van der Waals surface area contributed by atoms with Gasteiger partial charge in [0.25, 0.3) is 0 Å². The van der Waals surface area contributed by atoms with Crippen molar-refractivity contribution in [2.75, 3.05) is 0 Å². The molecule has 0 bridgehead atoms. The number of hydrogen-bond donors (Lipinski definition) is 2. The maximum absolute atomic E-state index is 10.6. The van der Waals surface area contributed by atoms with Crippen LogP contribution >= 0.6 is 0 Å². The van der Waals surface area contributed by atoms with E-state index in [4.69, 9.17) is 5.11 Å². The lowest BCUT2D eigenvalue weighted by Crippen LogP contribution is -2.24. The van der Waals surface area contributed by atoms with Crippen molar-refractivity contribution in [3.05, 3.63) is 12.2 Å². The maximum atomic E-state index is 10.6. The molecule has 3 nitrogen and oxygen atoms in total. The van der Waals surface area contributed by atoms with Crippen LogP contribution in [0.3, 0.4) is 0 Å². The summed E-state index contributed by atoms with van der Waals surface area (Å²) in [4.78, 5) is 10.6. The Labute approximate surface area is 83.4 Å². The van der Waals surface area contributed by atoms with Crippen molar-refractivity contribution < 1.29 is 15.0 Å². The number of carboxylic acid groups (broad SMARTS) is 1. The number of carboxylic acids is 1. The number of aliphatic hydroxyl groups excluding tert-OH is 1. The molecule has 4 atom stereocenters. The molecule has 0 aromatic rings. The Balaban J connectivity index is 2.07. The maximum Gasteiger partial charge on any atom is 0.303 e. The molecule has 0 spiro atoms. The van der Waals surface area contributed by atoms with Crippen LogP contribution in [0.2, 0.25) is 0 Å². The van der Waals surface area contributed by atoms with Crippen molar-refractivity contribution in [1.82, 2.24) is 0 Å². The number of aliphatic hydroxyl groups is 1. The molecule has 0 radical (unpaired) electrons. The molecule has 0 aromatic carbocycles. The first-order chi connectivity index (χ1) is 6.68. The Bertz CT molecular complexity index is 259. The lowest BCUT2D eigenvalue weighted by atomic mass is 9.80. The van der Waals surface area contributed by atoms with Gasteiger partial charge in [-0.15, -0.1) is 0 Å². The molecule has 2 N–H and O–H groups in total. The third kappa shape index (κ3) is 1.69. The summed E-state index contributed by atoms with van der Waals surface area (Å²) in [5.74, 6) is 0.0946. The van der Waals surface area contributed by atoms with Crippen LogP contribution in [0.15, 0.2) is 12.2 Å². The fraction of sp³-hybridized carbons (Fsp3) is 0.727. The highest BCUT2D eigenvalue weighted by atomic mass is 16.4. The first-order valence-electron chi connectivity index (χ1n) is 5.23. The van der Waals surface area contributed by atoms with Crippen LogP contribution in [0.25, 0.3) is 0 Å². The highest BCUT2D eigenvalue weighted by Crippen LogP contribution is 2.45. The van der Waals surface area contributed by atoms with Crippen LogP contribution in [-0.2, 0) is 4.79 Å². The van der Waals surface area contributed by atoms with E-state index >= 15 is 0 Å². The second-order valence-electron chi connectivity index (χ2n) is 4.43. The van der Waals surface area contributed by atoms with Gasteiger partial charge in [-0.05, 0) is 37.0 Å². The summed E-state index contributed by atoms with van der Waals surface area (Å²) in [6.07, 6.45) is 6.73. The van der Waals surface area contributed by atoms with E-state index in [0.717, 1.165) is 19.3 Å². The normalized spacial score (nSPS) is 40.9. The second kappa shape index (κ2) is 3.73. The smallest absolute Gasteiger partial charge is 0.303 e. The highest BCUT2D eigenvalue weighted by Gasteiger charge is 2.42. The minimum absolute atomic E-state index is 0.0255. The molecule has 1 fully saturated rings. The van der Waals surface area contributed by atoms with Crippen LogP contribution in [0, 0.1) is 17.8 Å². The zero-order valence-corrected chi connectivity index (χ0v) is 8.10. The summed E-state index contributed by atoms with van der Waals surface area (Å²) in [5, 5.41) is 18.5. The Morgan fingerprint density at radius 3 is 2.79 bits per heavy atom. The summed E-state index contributed by atoms with van der Waals surface area (Å²) in [6, 6.07) is 0.